The van der Waals surface area contributed by atoms with Crippen molar-refractivity contribution in [3.05, 3.63) is 0 Å². The maximum absolute atomic E-state index is 8.89. The van der Waals surface area contributed by atoms with Gasteiger partial charge in [0, 0.05) is 0 Å². The molecule has 0 rings (SSSR count). The SMILES string of the molecule is C[C@H](O)[C@@H](O)[C@@H](O)[C@H](O)C#N. The number of hydrogen-bond acceptors (Lipinski definition) is 5. The molecule has 0 bridgehead atoms. The van der Waals surface area contributed by atoms with Gasteiger partial charge in [-0.15, -0.1) is 0 Å². The second-order valence-corrected chi connectivity index (χ2v) is 2.30. The molecule has 5 heteroatoms. The molecule has 4 atom stereocenters. The number of nitriles is 1. The van der Waals surface area contributed by atoms with Crippen molar-refractivity contribution in [1.82, 2.24) is 0 Å². The molecule has 0 spiro atoms. The standard InChI is InChI=1S/C6H11NO4/c1-3(8)5(10)6(11)4(9)2-7/h3-6,8-11H,1H3/t3-,4+,5+,6-/m0/s1. The summed E-state index contributed by atoms with van der Waals surface area (Å²) < 4.78 is 0. The topological polar surface area (TPSA) is 105 Å². The van der Waals surface area contributed by atoms with Crippen LogP contribution in [-0.2, 0) is 0 Å². The van der Waals surface area contributed by atoms with Crippen molar-refractivity contribution in [1.29, 1.82) is 5.26 Å². The Morgan fingerprint density at radius 1 is 1.09 bits per heavy atom. The van der Waals surface area contributed by atoms with Gasteiger partial charge in [0.15, 0.2) is 6.10 Å². The highest BCUT2D eigenvalue weighted by atomic mass is 16.4. The minimum atomic E-state index is -1.67. The van der Waals surface area contributed by atoms with Crippen LogP contribution in [0.2, 0.25) is 0 Å². The average Bonchev–Trinajstić information content (AvgIpc) is 2.00. The lowest BCUT2D eigenvalue weighted by Crippen LogP contribution is -2.42. The van der Waals surface area contributed by atoms with E-state index in [1.807, 2.05) is 0 Å². The molecule has 11 heavy (non-hydrogen) atoms. The summed E-state index contributed by atoms with van der Waals surface area (Å²) in [5, 5.41) is 43.2. The fourth-order valence-corrected chi connectivity index (χ4v) is 0.548. The lowest BCUT2D eigenvalue weighted by atomic mass is 10.1. The predicted octanol–water partition coefficient (Wildman–Crippen LogP) is -2.03. The highest BCUT2D eigenvalue weighted by Crippen LogP contribution is 2.03. The third kappa shape index (κ3) is 2.82. The summed E-state index contributed by atoms with van der Waals surface area (Å²) >= 11 is 0. The molecule has 0 aliphatic carbocycles. The fourth-order valence-electron chi connectivity index (χ4n) is 0.548. The van der Waals surface area contributed by atoms with E-state index >= 15 is 0 Å². The molecule has 64 valence electrons. The van der Waals surface area contributed by atoms with Crippen molar-refractivity contribution in [3.8, 4) is 6.07 Å². The summed E-state index contributed by atoms with van der Waals surface area (Å²) in [6, 6.07) is 1.33. The van der Waals surface area contributed by atoms with Crippen LogP contribution in [0.1, 0.15) is 6.92 Å². The zero-order chi connectivity index (χ0) is 9.02. The van der Waals surface area contributed by atoms with Crippen molar-refractivity contribution in [2.24, 2.45) is 0 Å². The number of aliphatic hydroxyl groups is 4. The molecule has 4 N–H and O–H groups in total. The first-order chi connectivity index (χ1) is 5.00. The van der Waals surface area contributed by atoms with Crippen LogP contribution in [0.3, 0.4) is 0 Å². The van der Waals surface area contributed by atoms with E-state index in [1.54, 1.807) is 0 Å². The van der Waals surface area contributed by atoms with Gasteiger partial charge in [-0.05, 0) is 6.92 Å². The van der Waals surface area contributed by atoms with Gasteiger partial charge >= 0.3 is 0 Å². The van der Waals surface area contributed by atoms with Crippen molar-refractivity contribution in [2.45, 2.75) is 31.3 Å². The van der Waals surface area contributed by atoms with Gasteiger partial charge in [-0.1, -0.05) is 0 Å². The van der Waals surface area contributed by atoms with Crippen LogP contribution in [-0.4, -0.2) is 44.8 Å². The van der Waals surface area contributed by atoms with Crippen LogP contribution in [0.25, 0.3) is 0 Å². The van der Waals surface area contributed by atoms with Gasteiger partial charge in [-0.3, -0.25) is 0 Å². The lowest BCUT2D eigenvalue weighted by molar-refractivity contribution is -0.0858. The van der Waals surface area contributed by atoms with Crippen LogP contribution < -0.4 is 0 Å². The molecule has 0 aromatic heterocycles. The van der Waals surface area contributed by atoms with E-state index in [-0.39, 0.29) is 0 Å². The maximum atomic E-state index is 8.89. The van der Waals surface area contributed by atoms with Crippen LogP contribution in [0.5, 0.6) is 0 Å². The zero-order valence-electron chi connectivity index (χ0n) is 6.05. The molecular formula is C6H11NO4. The normalized spacial score (nSPS) is 21.5. The Bertz CT molecular complexity index is 153. The van der Waals surface area contributed by atoms with E-state index in [9.17, 15) is 0 Å². The molecule has 0 aliphatic heterocycles. The van der Waals surface area contributed by atoms with Gasteiger partial charge in [0.1, 0.15) is 12.2 Å². The molecule has 0 saturated heterocycles. The molecule has 0 aliphatic rings. The highest BCUT2D eigenvalue weighted by Gasteiger charge is 2.27. The third-order valence-electron chi connectivity index (χ3n) is 1.30. The van der Waals surface area contributed by atoms with E-state index in [0.717, 1.165) is 0 Å². The van der Waals surface area contributed by atoms with Gasteiger partial charge in [0.05, 0.1) is 12.2 Å². The van der Waals surface area contributed by atoms with E-state index in [4.69, 9.17) is 25.7 Å². The van der Waals surface area contributed by atoms with Crippen LogP contribution >= 0.6 is 0 Å². The smallest absolute Gasteiger partial charge is 0.168 e. The van der Waals surface area contributed by atoms with E-state index in [2.05, 4.69) is 0 Å². The molecular weight excluding hydrogens is 150 g/mol. The largest absolute Gasteiger partial charge is 0.391 e. The van der Waals surface area contributed by atoms with Crippen LogP contribution in [0.15, 0.2) is 0 Å². The first-order valence-electron chi connectivity index (χ1n) is 3.12. The summed E-state index contributed by atoms with van der Waals surface area (Å²) in [6.07, 6.45) is -5.96. The second kappa shape index (κ2) is 4.26. The quantitative estimate of drug-likeness (QED) is 0.357. The minimum absolute atomic E-state index is 1.17. The molecule has 0 saturated carbocycles. The van der Waals surface area contributed by atoms with Gasteiger partial charge in [0.2, 0.25) is 0 Å². The zero-order valence-corrected chi connectivity index (χ0v) is 6.05. The monoisotopic (exact) mass is 161 g/mol. The number of rotatable bonds is 3. The Morgan fingerprint density at radius 3 is 1.82 bits per heavy atom. The fraction of sp³-hybridized carbons (Fsp3) is 0.833. The summed E-state index contributed by atoms with van der Waals surface area (Å²) in [7, 11) is 0. The van der Waals surface area contributed by atoms with Crippen LogP contribution in [0, 0.1) is 11.3 Å². The van der Waals surface area contributed by atoms with E-state index in [0.29, 0.717) is 0 Å². The summed E-state index contributed by atoms with van der Waals surface area (Å²) in [5.74, 6) is 0. The Hall–Kier alpha value is -0.670. The Kier molecular flexibility index (Phi) is 4.00. The van der Waals surface area contributed by atoms with Gasteiger partial charge in [-0.2, -0.15) is 5.26 Å². The lowest BCUT2D eigenvalue weighted by Gasteiger charge is -2.20. The molecule has 0 aromatic rings. The number of hydrogen-bond donors (Lipinski definition) is 4. The molecule has 0 unspecified atom stereocenters. The summed E-state index contributed by atoms with van der Waals surface area (Å²) in [5.41, 5.74) is 0. The van der Waals surface area contributed by atoms with Gasteiger partial charge in [-0.25, -0.2) is 0 Å². The minimum Gasteiger partial charge on any atom is -0.391 e. The molecule has 0 amide bonds. The summed E-state index contributed by atoms with van der Waals surface area (Å²) in [6.45, 7) is 1.25. The molecule has 0 heterocycles. The maximum Gasteiger partial charge on any atom is 0.168 e. The third-order valence-corrected chi connectivity index (χ3v) is 1.30. The second-order valence-electron chi connectivity index (χ2n) is 2.30. The van der Waals surface area contributed by atoms with Gasteiger partial charge in [0.25, 0.3) is 0 Å². The van der Waals surface area contributed by atoms with Crippen LogP contribution in [0.4, 0.5) is 0 Å². The molecule has 0 aromatic carbocycles. The Balaban J connectivity index is 4.03. The first kappa shape index (κ1) is 10.3. The Morgan fingerprint density at radius 2 is 1.55 bits per heavy atom. The first-order valence-corrected chi connectivity index (χ1v) is 3.12. The summed E-state index contributed by atoms with van der Waals surface area (Å²) in [4.78, 5) is 0. The van der Waals surface area contributed by atoms with E-state index < -0.39 is 24.4 Å². The van der Waals surface area contributed by atoms with Gasteiger partial charge < -0.3 is 20.4 Å². The molecule has 5 nitrogen and oxygen atoms in total. The van der Waals surface area contributed by atoms with Crippen molar-refractivity contribution < 1.29 is 20.4 Å². The van der Waals surface area contributed by atoms with Crippen molar-refractivity contribution >= 4 is 0 Å². The Labute approximate surface area is 64.1 Å². The molecule has 0 fully saturated rings. The highest BCUT2D eigenvalue weighted by molar-refractivity contribution is 4.92. The van der Waals surface area contributed by atoms with E-state index in [1.165, 1.54) is 13.0 Å². The molecule has 0 radical (unpaired) electrons. The van der Waals surface area contributed by atoms with Crippen molar-refractivity contribution in [2.75, 3.05) is 0 Å². The average molecular weight is 161 g/mol. The predicted molar refractivity (Wildman–Crippen MR) is 35.3 cm³/mol. The number of aliphatic hydroxyl groups excluding tert-OH is 4. The van der Waals surface area contributed by atoms with Crippen molar-refractivity contribution in [3.63, 3.8) is 0 Å². The number of nitrogens with zero attached hydrogens (tertiary/aromatic N) is 1.